The summed E-state index contributed by atoms with van der Waals surface area (Å²) in [5.41, 5.74) is 4.82. The average molecular weight is 542 g/mol. The number of anilines is 1. The van der Waals surface area contributed by atoms with Crippen LogP contribution in [-0.4, -0.2) is 78.6 Å². The van der Waals surface area contributed by atoms with Gasteiger partial charge in [-0.3, -0.25) is 14.9 Å². The lowest BCUT2D eigenvalue weighted by Crippen LogP contribution is -2.30. The van der Waals surface area contributed by atoms with Crippen LogP contribution < -0.4 is 10.1 Å². The van der Waals surface area contributed by atoms with Crippen LogP contribution in [0.4, 0.5) is 10.5 Å². The Morgan fingerprint density at radius 3 is 2.67 bits per heavy atom. The number of carbonyl (C=O) groups excluding carboxylic acids is 3. The molecule has 4 aromatic rings. The Kier molecular flexibility index (Phi) is 7.68. The highest BCUT2D eigenvalue weighted by Gasteiger charge is 2.21. The first kappa shape index (κ1) is 26.7. The zero-order valence-electron chi connectivity index (χ0n) is 22.7. The monoisotopic (exact) mass is 541 g/mol. The number of fused-ring (bicyclic) bond motifs is 1. The normalized spacial score (nSPS) is 13.0. The third kappa shape index (κ3) is 5.47. The predicted octanol–water partition coefficient (Wildman–Crippen LogP) is 4.78. The summed E-state index contributed by atoms with van der Waals surface area (Å²) >= 11 is 0. The van der Waals surface area contributed by atoms with Crippen molar-refractivity contribution in [3.63, 3.8) is 0 Å². The molecule has 0 bridgehead atoms. The molecule has 40 heavy (non-hydrogen) atoms. The van der Waals surface area contributed by atoms with Gasteiger partial charge in [-0.1, -0.05) is 24.3 Å². The summed E-state index contributed by atoms with van der Waals surface area (Å²) in [6.45, 7) is 1.10. The minimum absolute atomic E-state index is 0.0702. The molecule has 10 heteroatoms. The highest BCUT2D eigenvalue weighted by atomic mass is 16.5. The van der Waals surface area contributed by atoms with Gasteiger partial charge in [-0.25, -0.2) is 9.78 Å². The van der Waals surface area contributed by atoms with Crippen LogP contribution in [0.1, 0.15) is 23.2 Å². The van der Waals surface area contributed by atoms with E-state index in [-0.39, 0.29) is 18.4 Å². The quantitative estimate of drug-likeness (QED) is 0.332. The number of aromatic amines is 1. The number of carbonyl (C=O) groups is 3. The molecule has 0 spiro atoms. The molecular weight excluding hydrogens is 510 g/mol. The van der Waals surface area contributed by atoms with Crippen molar-refractivity contribution in [3.8, 4) is 28.0 Å². The van der Waals surface area contributed by atoms with Gasteiger partial charge in [-0.05, 0) is 36.2 Å². The fourth-order valence-corrected chi connectivity index (χ4v) is 4.84. The molecule has 5 rings (SSSR count). The minimum atomic E-state index is -0.691. The Morgan fingerprint density at radius 1 is 1.10 bits per heavy atom. The van der Waals surface area contributed by atoms with E-state index in [9.17, 15) is 14.4 Å². The second kappa shape index (κ2) is 11.5. The predicted molar refractivity (Wildman–Crippen MR) is 152 cm³/mol. The number of nitrogens with one attached hydrogen (secondary N) is 2. The van der Waals surface area contributed by atoms with Gasteiger partial charge in [0.2, 0.25) is 5.91 Å². The number of para-hydroxylation sites is 1. The van der Waals surface area contributed by atoms with Crippen LogP contribution in [-0.2, 0) is 9.53 Å². The fourth-order valence-electron chi connectivity index (χ4n) is 4.84. The van der Waals surface area contributed by atoms with Crippen LogP contribution in [0.5, 0.6) is 5.75 Å². The number of H-pyrrole nitrogens is 1. The molecule has 0 aliphatic carbocycles. The van der Waals surface area contributed by atoms with E-state index in [0.717, 1.165) is 45.5 Å². The number of rotatable bonds is 8. The van der Waals surface area contributed by atoms with Gasteiger partial charge < -0.3 is 24.3 Å². The lowest BCUT2D eigenvalue weighted by atomic mass is 9.99. The van der Waals surface area contributed by atoms with Crippen molar-refractivity contribution in [1.82, 2.24) is 19.8 Å². The van der Waals surface area contributed by atoms with Gasteiger partial charge in [-0.2, -0.15) is 0 Å². The van der Waals surface area contributed by atoms with Crippen LogP contribution in [0.25, 0.3) is 33.3 Å². The van der Waals surface area contributed by atoms with Gasteiger partial charge in [0.1, 0.15) is 18.0 Å². The molecule has 2 N–H and O–H groups in total. The topological polar surface area (TPSA) is 117 Å². The standard InChI is InChI=1S/C30H31N5O5/c1-34(2)29(37)23-15-19(10-11-25(23)33-30(38)40-14-13-35-12-6-9-27(35)36)20-16-22-24(18-32-28(22)31-17-20)21-7-4-5-8-26(21)39-3/h4-5,7-8,10-11,15-18H,6,9,12-14H2,1-3H3,(H,31,32)(H,33,38). The summed E-state index contributed by atoms with van der Waals surface area (Å²) in [5.74, 6) is 0.549. The molecule has 1 saturated heterocycles. The molecule has 0 radical (unpaired) electrons. The van der Waals surface area contributed by atoms with Gasteiger partial charge in [0.15, 0.2) is 0 Å². The second-order valence-corrected chi connectivity index (χ2v) is 9.73. The first-order valence-electron chi connectivity index (χ1n) is 13.0. The van der Waals surface area contributed by atoms with Crippen molar-refractivity contribution in [2.75, 3.05) is 46.2 Å². The molecule has 0 atom stereocenters. The molecular formula is C30H31N5O5. The summed E-state index contributed by atoms with van der Waals surface area (Å²) in [5, 5.41) is 3.59. The Labute approximate surface area is 231 Å². The smallest absolute Gasteiger partial charge is 0.411 e. The molecule has 2 aromatic heterocycles. The lowest BCUT2D eigenvalue weighted by molar-refractivity contribution is -0.128. The SMILES string of the molecule is COc1ccccc1-c1c[nH]c2ncc(-c3ccc(NC(=O)OCCN4CCCC4=O)c(C(=O)N(C)C)c3)cc12. The summed E-state index contributed by atoms with van der Waals surface area (Å²) < 4.78 is 10.8. The van der Waals surface area contributed by atoms with Crippen molar-refractivity contribution in [2.45, 2.75) is 12.8 Å². The Bertz CT molecular complexity index is 1580. The van der Waals surface area contributed by atoms with Crippen LogP contribution in [0.2, 0.25) is 0 Å². The van der Waals surface area contributed by atoms with E-state index in [1.165, 1.54) is 4.90 Å². The number of benzene rings is 2. The van der Waals surface area contributed by atoms with E-state index in [4.69, 9.17) is 9.47 Å². The molecule has 3 heterocycles. The maximum Gasteiger partial charge on any atom is 0.411 e. The second-order valence-electron chi connectivity index (χ2n) is 9.73. The lowest BCUT2D eigenvalue weighted by Gasteiger charge is -2.17. The fraction of sp³-hybridized carbons (Fsp3) is 0.267. The van der Waals surface area contributed by atoms with Gasteiger partial charge in [0.05, 0.1) is 24.9 Å². The molecule has 10 nitrogen and oxygen atoms in total. The number of hydrogen-bond donors (Lipinski definition) is 2. The summed E-state index contributed by atoms with van der Waals surface area (Å²) in [7, 11) is 4.94. The summed E-state index contributed by atoms with van der Waals surface area (Å²) in [6, 6.07) is 15.0. The highest BCUT2D eigenvalue weighted by molar-refractivity contribution is 6.04. The molecule has 206 valence electrons. The zero-order valence-corrected chi connectivity index (χ0v) is 22.7. The van der Waals surface area contributed by atoms with Crippen LogP contribution >= 0.6 is 0 Å². The Morgan fingerprint density at radius 2 is 1.93 bits per heavy atom. The number of methoxy groups -OCH3 is 1. The number of ether oxygens (including phenoxy) is 2. The maximum atomic E-state index is 13.1. The molecule has 0 unspecified atom stereocenters. The van der Waals surface area contributed by atoms with E-state index in [2.05, 4.69) is 15.3 Å². The van der Waals surface area contributed by atoms with Gasteiger partial charge in [0, 0.05) is 61.5 Å². The molecule has 2 aromatic carbocycles. The molecule has 0 saturated carbocycles. The number of pyridine rings is 1. The van der Waals surface area contributed by atoms with Crippen LogP contribution in [0.3, 0.4) is 0 Å². The van der Waals surface area contributed by atoms with Crippen molar-refractivity contribution in [2.24, 2.45) is 0 Å². The minimum Gasteiger partial charge on any atom is -0.496 e. The van der Waals surface area contributed by atoms with Gasteiger partial charge in [0.25, 0.3) is 5.91 Å². The van der Waals surface area contributed by atoms with Crippen LogP contribution in [0.15, 0.2) is 60.9 Å². The molecule has 1 aliphatic heterocycles. The van der Waals surface area contributed by atoms with Crippen molar-refractivity contribution in [1.29, 1.82) is 0 Å². The third-order valence-electron chi connectivity index (χ3n) is 6.92. The maximum absolute atomic E-state index is 13.1. The summed E-state index contributed by atoms with van der Waals surface area (Å²) in [6.07, 6.45) is 4.30. The van der Waals surface area contributed by atoms with E-state index in [0.29, 0.717) is 30.8 Å². The first-order chi connectivity index (χ1) is 19.4. The summed E-state index contributed by atoms with van der Waals surface area (Å²) in [4.78, 5) is 48.3. The average Bonchev–Trinajstić information content (AvgIpc) is 3.58. The Hall–Kier alpha value is -4.86. The van der Waals surface area contributed by atoms with Crippen molar-refractivity contribution < 1.29 is 23.9 Å². The van der Waals surface area contributed by atoms with Crippen LogP contribution in [0, 0.1) is 0 Å². The van der Waals surface area contributed by atoms with Gasteiger partial charge in [-0.15, -0.1) is 0 Å². The molecule has 1 aliphatic rings. The first-order valence-corrected chi connectivity index (χ1v) is 13.0. The Balaban J connectivity index is 1.41. The van der Waals surface area contributed by atoms with Crippen molar-refractivity contribution >= 4 is 34.6 Å². The largest absolute Gasteiger partial charge is 0.496 e. The molecule has 3 amide bonds. The van der Waals surface area contributed by atoms with E-state index in [1.807, 2.05) is 42.6 Å². The van der Waals surface area contributed by atoms with E-state index >= 15 is 0 Å². The highest BCUT2D eigenvalue weighted by Crippen LogP contribution is 2.36. The third-order valence-corrected chi connectivity index (χ3v) is 6.92. The molecule has 1 fully saturated rings. The number of likely N-dealkylation sites (tertiary alicyclic amines) is 1. The van der Waals surface area contributed by atoms with E-state index < -0.39 is 6.09 Å². The van der Waals surface area contributed by atoms with E-state index in [1.54, 1.807) is 44.4 Å². The number of aromatic nitrogens is 2. The van der Waals surface area contributed by atoms with Crippen molar-refractivity contribution in [3.05, 3.63) is 66.5 Å². The van der Waals surface area contributed by atoms with Gasteiger partial charge >= 0.3 is 6.09 Å². The number of amides is 3. The number of nitrogens with zero attached hydrogens (tertiary/aromatic N) is 3. The zero-order chi connectivity index (χ0) is 28.2. The number of hydrogen-bond acceptors (Lipinski definition) is 6.